The van der Waals surface area contributed by atoms with Crippen LogP contribution >= 0.6 is 0 Å². The largest absolute Gasteiger partial charge is 0.481 e. The molecule has 1 amide bonds. The lowest BCUT2D eigenvalue weighted by atomic mass is 9.89. The van der Waals surface area contributed by atoms with E-state index in [9.17, 15) is 24.8 Å². The molecule has 6 rings (SSSR count). The van der Waals surface area contributed by atoms with Crippen LogP contribution in [0.2, 0.25) is 0 Å². The van der Waals surface area contributed by atoms with Crippen molar-refractivity contribution in [3.8, 4) is 11.1 Å². The highest BCUT2D eigenvalue weighted by Crippen LogP contribution is 2.42. The van der Waals surface area contributed by atoms with Gasteiger partial charge in [-0.2, -0.15) is 0 Å². The van der Waals surface area contributed by atoms with Gasteiger partial charge in [-0.25, -0.2) is 0 Å². The summed E-state index contributed by atoms with van der Waals surface area (Å²) in [5.74, 6) is -1.06. The number of aliphatic carboxylic acids is 1. The molecule has 0 aliphatic carbocycles. The van der Waals surface area contributed by atoms with E-state index in [1.165, 1.54) is 0 Å². The summed E-state index contributed by atoms with van der Waals surface area (Å²) in [6.45, 7) is 6.40. The van der Waals surface area contributed by atoms with Gasteiger partial charge in [-0.05, 0) is 58.5 Å². The van der Waals surface area contributed by atoms with E-state index in [1.54, 1.807) is 12.1 Å². The molecule has 0 bridgehead atoms. The fourth-order valence-electron chi connectivity index (χ4n) is 6.97. The van der Waals surface area contributed by atoms with E-state index in [4.69, 9.17) is 14.6 Å². The van der Waals surface area contributed by atoms with Crippen LogP contribution in [0.3, 0.4) is 0 Å². The Morgan fingerprint density at radius 3 is 2.23 bits per heavy atom. The number of piperazine rings is 1. The molecule has 3 N–H and O–H groups in total. The summed E-state index contributed by atoms with van der Waals surface area (Å²) in [4.78, 5) is 38.4. The molecule has 0 spiro atoms. The summed E-state index contributed by atoms with van der Waals surface area (Å²) in [7, 11) is 0. The predicted octanol–water partition coefficient (Wildman–Crippen LogP) is 6.24. The third kappa shape index (κ3) is 9.85. The highest BCUT2D eigenvalue weighted by Gasteiger charge is 2.39. The quantitative estimate of drug-likeness (QED) is 0.101. The number of nitrogens with one attached hydrogen (secondary N) is 1. The molecule has 278 valence electrons. The van der Waals surface area contributed by atoms with Gasteiger partial charge in [-0.1, -0.05) is 67.6 Å². The zero-order chi connectivity index (χ0) is 37.3. The molecule has 4 atom stereocenters. The highest BCUT2D eigenvalue weighted by molar-refractivity contribution is 5.76. The first-order valence-corrected chi connectivity index (χ1v) is 18.1. The molecule has 2 fully saturated rings. The average Bonchev–Trinajstić information content (AvgIpc) is 3.18. The zero-order valence-electron chi connectivity index (χ0n) is 29.8. The van der Waals surface area contributed by atoms with Crippen molar-refractivity contribution in [1.29, 1.82) is 0 Å². The van der Waals surface area contributed by atoms with Crippen LogP contribution in [0.25, 0.3) is 11.1 Å². The number of anilines is 1. The number of carbonyl (C=O) groups is 2. The number of hydrogen-bond acceptors (Lipinski definition) is 9. The molecule has 4 aromatic carbocycles. The van der Waals surface area contributed by atoms with Gasteiger partial charge in [0.1, 0.15) is 0 Å². The molecule has 0 unspecified atom stereocenters. The zero-order valence-corrected chi connectivity index (χ0v) is 29.8. The van der Waals surface area contributed by atoms with Crippen molar-refractivity contribution in [3.05, 3.63) is 129 Å². The summed E-state index contributed by atoms with van der Waals surface area (Å²) in [5.41, 5.74) is 6.68. The molecule has 0 saturated carbocycles. The number of aliphatic hydroxyl groups is 1. The van der Waals surface area contributed by atoms with Crippen molar-refractivity contribution in [3.63, 3.8) is 0 Å². The van der Waals surface area contributed by atoms with Gasteiger partial charge >= 0.3 is 5.97 Å². The Morgan fingerprint density at radius 1 is 0.849 bits per heavy atom. The van der Waals surface area contributed by atoms with Crippen LogP contribution in [-0.4, -0.2) is 70.7 Å². The van der Waals surface area contributed by atoms with E-state index in [0.29, 0.717) is 19.5 Å². The van der Waals surface area contributed by atoms with Crippen LogP contribution in [0.4, 0.5) is 11.4 Å². The first-order chi connectivity index (χ1) is 25.7. The van der Waals surface area contributed by atoms with Gasteiger partial charge in [0, 0.05) is 81.4 Å². The Bertz CT molecular complexity index is 1860. The number of rotatable bonds is 14. The first kappa shape index (κ1) is 37.6. The van der Waals surface area contributed by atoms with Crippen LogP contribution in [0.15, 0.2) is 97.1 Å². The molecule has 12 nitrogen and oxygen atoms in total. The van der Waals surface area contributed by atoms with Gasteiger partial charge in [0.25, 0.3) is 5.69 Å². The Kier molecular flexibility index (Phi) is 12.5. The van der Waals surface area contributed by atoms with Gasteiger partial charge < -0.3 is 29.9 Å². The highest BCUT2D eigenvalue weighted by atomic mass is 16.7. The normalized spacial score (nSPS) is 20.5. The molecule has 2 aliphatic heterocycles. The molecular weight excluding hydrogens is 676 g/mol. The van der Waals surface area contributed by atoms with Crippen molar-refractivity contribution in [2.24, 2.45) is 5.92 Å². The van der Waals surface area contributed by atoms with Crippen molar-refractivity contribution in [2.75, 3.05) is 37.6 Å². The molecule has 4 aromatic rings. The summed E-state index contributed by atoms with van der Waals surface area (Å²) in [6.07, 6.45) is -0.595. The topological polar surface area (TPSA) is 155 Å². The fraction of sp³-hybridized carbons (Fsp3) is 0.366. The van der Waals surface area contributed by atoms with Crippen molar-refractivity contribution in [1.82, 2.24) is 10.2 Å². The van der Waals surface area contributed by atoms with Crippen molar-refractivity contribution >= 4 is 23.3 Å². The van der Waals surface area contributed by atoms with E-state index in [2.05, 4.69) is 28.1 Å². The lowest BCUT2D eigenvalue weighted by Crippen LogP contribution is -2.51. The number of nitro benzene ring substituents is 1. The maximum Gasteiger partial charge on any atom is 0.303 e. The Labute approximate surface area is 309 Å². The summed E-state index contributed by atoms with van der Waals surface area (Å²) in [6, 6.07) is 30.7. The molecule has 0 radical (unpaired) electrons. The second-order valence-electron chi connectivity index (χ2n) is 13.7. The lowest BCUT2D eigenvalue weighted by Gasteiger charge is -2.44. The number of carbonyl (C=O) groups excluding carboxylic acids is 1. The minimum Gasteiger partial charge on any atom is -0.481 e. The molecule has 2 heterocycles. The number of carboxylic acid groups (broad SMARTS) is 1. The minimum absolute atomic E-state index is 0.0260. The Morgan fingerprint density at radius 2 is 1.55 bits per heavy atom. The van der Waals surface area contributed by atoms with Gasteiger partial charge in [0.2, 0.25) is 5.91 Å². The van der Waals surface area contributed by atoms with Crippen LogP contribution in [0, 0.1) is 16.0 Å². The predicted molar refractivity (Wildman–Crippen MR) is 200 cm³/mol. The van der Waals surface area contributed by atoms with E-state index in [-0.39, 0.29) is 54.1 Å². The minimum atomic E-state index is -0.911. The van der Waals surface area contributed by atoms with Crippen LogP contribution in [0.1, 0.15) is 60.8 Å². The average molecular weight is 723 g/mol. The van der Waals surface area contributed by atoms with Crippen LogP contribution < -0.4 is 10.2 Å². The van der Waals surface area contributed by atoms with Crippen molar-refractivity contribution < 1.29 is 34.2 Å². The molecule has 2 aliphatic rings. The van der Waals surface area contributed by atoms with E-state index in [1.807, 2.05) is 78.9 Å². The van der Waals surface area contributed by atoms with E-state index < -0.39 is 12.3 Å². The Hall–Kier alpha value is -5.14. The number of amides is 1. The third-order valence-electron chi connectivity index (χ3n) is 10.1. The maximum atomic E-state index is 12.2. The standard InChI is InChI=1S/C41H46N4O8/c1-28-37(26-43-19-21-44(22-20-43)35-15-17-36(18-16-35)45(50)51)52-41(53-40(28)31-13-11-29(27-46)12-14-31)34-8-3-7-33(24-34)32-6-2-5-30(23-32)25-42-38(47)9-4-10-39(48)49/h2-3,5-8,11-18,23-24,28,37,40-41,46H,4,9-10,19-22,25-27H2,1H3,(H,42,47)(H,48,49)/t28-,37+,40+,41+/m1/s1. The van der Waals surface area contributed by atoms with E-state index >= 15 is 0 Å². The summed E-state index contributed by atoms with van der Waals surface area (Å²) in [5, 5.41) is 32.5. The number of nitro groups is 1. The van der Waals surface area contributed by atoms with Gasteiger partial charge in [-0.15, -0.1) is 0 Å². The smallest absolute Gasteiger partial charge is 0.303 e. The summed E-state index contributed by atoms with van der Waals surface area (Å²) >= 11 is 0. The fourth-order valence-corrected chi connectivity index (χ4v) is 6.97. The van der Waals surface area contributed by atoms with Gasteiger partial charge in [0.15, 0.2) is 6.29 Å². The lowest BCUT2D eigenvalue weighted by molar-refractivity contribution is -0.384. The van der Waals surface area contributed by atoms with Gasteiger partial charge in [-0.3, -0.25) is 24.6 Å². The number of hydrogen-bond donors (Lipinski definition) is 3. The number of carboxylic acids is 1. The molecular formula is C41H46N4O8. The van der Waals surface area contributed by atoms with Crippen LogP contribution in [0.5, 0.6) is 0 Å². The number of non-ortho nitro benzene ring substituents is 1. The second kappa shape index (κ2) is 17.6. The Balaban J connectivity index is 1.16. The molecule has 2 saturated heterocycles. The van der Waals surface area contributed by atoms with E-state index in [0.717, 1.165) is 65.2 Å². The molecule has 0 aromatic heterocycles. The SMILES string of the molecule is C[C@@H]1[C@H](CN2CCN(c3ccc([N+](=O)[O-])cc3)CC2)O[C@H](c2cccc(-c3cccc(CNC(=O)CCCC(=O)O)c3)c2)O[C@@H]1c1ccc(CO)cc1. The number of nitrogens with zero attached hydrogens (tertiary/aromatic N) is 3. The van der Waals surface area contributed by atoms with Crippen molar-refractivity contribution in [2.45, 2.75) is 57.8 Å². The number of ether oxygens (including phenoxy) is 2. The maximum absolute atomic E-state index is 12.2. The monoisotopic (exact) mass is 722 g/mol. The number of benzene rings is 4. The van der Waals surface area contributed by atoms with Gasteiger partial charge in [0.05, 0.1) is 23.7 Å². The third-order valence-corrected chi connectivity index (χ3v) is 10.1. The second-order valence-corrected chi connectivity index (χ2v) is 13.7. The first-order valence-electron chi connectivity index (χ1n) is 18.1. The van der Waals surface area contributed by atoms with Crippen LogP contribution in [-0.2, 0) is 32.2 Å². The molecule has 12 heteroatoms. The summed E-state index contributed by atoms with van der Waals surface area (Å²) < 4.78 is 13.5. The number of aliphatic hydroxyl groups excluding tert-OH is 1. The molecule has 53 heavy (non-hydrogen) atoms.